The number of fused-ring (bicyclic) bond motifs is 2. The number of benzene rings is 1. The monoisotopic (exact) mass is 413 g/mol. The largest absolute Gasteiger partial charge is 0.444 e. The standard InChI is InChI=1S/C18H24ClN3O4S/c1-20-8-10-21(11-9-20)18(23)26-17-12-14-4-7-16(17)22(14)27(24,25)15-5-2-13(19)3-6-15/h2-3,5-6,14,16-17H,4,7-12H2,1H3. The Hall–Kier alpha value is -1.35. The first kappa shape index (κ1) is 19.0. The Balaban J connectivity index is 1.46. The van der Waals surface area contributed by atoms with Crippen LogP contribution in [0.25, 0.3) is 0 Å². The van der Waals surface area contributed by atoms with Gasteiger partial charge in [-0.1, -0.05) is 11.6 Å². The second-order valence-electron chi connectivity index (χ2n) is 7.54. The molecule has 0 saturated carbocycles. The molecule has 9 heteroatoms. The summed E-state index contributed by atoms with van der Waals surface area (Å²) in [7, 11) is -1.60. The third-order valence-electron chi connectivity index (χ3n) is 5.82. The van der Waals surface area contributed by atoms with E-state index in [0.29, 0.717) is 24.5 Å². The van der Waals surface area contributed by atoms with Gasteiger partial charge in [-0.3, -0.25) is 0 Å². The summed E-state index contributed by atoms with van der Waals surface area (Å²) in [5, 5.41) is 0.498. The molecule has 1 aromatic carbocycles. The lowest BCUT2D eigenvalue weighted by Gasteiger charge is -2.33. The van der Waals surface area contributed by atoms with E-state index in [1.54, 1.807) is 21.3 Å². The second-order valence-corrected chi connectivity index (χ2v) is 9.82. The molecule has 0 aromatic heterocycles. The third kappa shape index (κ3) is 3.55. The molecule has 1 amide bonds. The molecule has 3 fully saturated rings. The van der Waals surface area contributed by atoms with Crippen molar-refractivity contribution >= 4 is 27.7 Å². The fraction of sp³-hybridized carbons (Fsp3) is 0.611. The van der Waals surface area contributed by atoms with Crippen LogP contribution in [0.2, 0.25) is 5.02 Å². The summed E-state index contributed by atoms with van der Waals surface area (Å²) in [5.74, 6) is 0. The highest BCUT2D eigenvalue weighted by Crippen LogP contribution is 2.43. The lowest BCUT2D eigenvalue weighted by atomic mass is 9.98. The number of nitrogens with zero attached hydrogens (tertiary/aromatic N) is 3. The van der Waals surface area contributed by atoms with Gasteiger partial charge in [-0.15, -0.1) is 0 Å². The van der Waals surface area contributed by atoms with Gasteiger partial charge in [0, 0.05) is 43.7 Å². The topological polar surface area (TPSA) is 70.2 Å². The van der Waals surface area contributed by atoms with E-state index in [2.05, 4.69) is 4.90 Å². The highest BCUT2D eigenvalue weighted by molar-refractivity contribution is 7.89. The van der Waals surface area contributed by atoms with Crippen LogP contribution < -0.4 is 0 Å². The van der Waals surface area contributed by atoms with E-state index in [0.717, 1.165) is 25.9 Å². The second kappa shape index (κ2) is 7.24. The van der Waals surface area contributed by atoms with Gasteiger partial charge < -0.3 is 14.5 Å². The quantitative estimate of drug-likeness (QED) is 0.758. The van der Waals surface area contributed by atoms with Crippen molar-refractivity contribution < 1.29 is 17.9 Å². The molecule has 0 spiro atoms. The van der Waals surface area contributed by atoms with Crippen LogP contribution in [0.3, 0.4) is 0 Å². The molecule has 0 aliphatic carbocycles. The van der Waals surface area contributed by atoms with Crippen LogP contribution in [0, 0.1) is 0 Å². The molecule has 148 valence electrons. The number of halogens is 1. The average molecular weight is 414 g/mol. The molecule has 2 bridgehead atoms. The predicted octanol–water partition coefficient (Wildman–Crippen LogP) is 2.02. The first-order valence-electron chi connectivity index (χ1n) is 9.29. The first-order valence-corrected chi connectivity index (χ1v) is 11.1. The minimum absolute atomic E-state index is 0.110. The minimum Gasteiger partial charge on any atom is -0.444 e. The highest BCUT2D eigenvalue weighted by Gasteiger charge is 2.53. The van der Waals surface area contributed by atoms with Gasteiger partial charge in [0.25, 0.3) is 0 Å². The van der Waals surface area contributed by atoms with Gasteiger partial charge >= 0.3 is 6.09 Å². The molecule has 7 nitrogen and oxygen atoms in total. The SMILES string of the molecule is CN1CCN(C(=O)OC2CC3CCC2N3S(=O)(=O)c2ccc(Cl)cc2)CC1. The molecule has 4 rings (SSSR count). The summed E-state index contributed by atoms with van der Waals surface area (Å²) >= 11 is 5.88. The van der Waals surface area contributed by atoms with Gasteiger partial charge in [-0.25, -0.2) is 13.2 Å². The number of ether oxygens (including phenoxy) is 1. The highest BCUT2D eigenvalue weighted by atomic mass is 35.5. The maximum atomic E-state index is 13.1. The van der Waals surface area contributed by atoms with Crippen LogP contribution in [0.1, 0.15) is 19.3 Å². The zero-order valence-electron chi connectivity index (χ0n) is 15.3. The van der Waals surface area contributed by atoms with Crippen LogP contribution in [0.5, 0.6) is 0 Å². The molecular formula is C18H24ClN3O4S. The number of hydrogen-bond acceptors (Lipinski definition) is 5. The fourth-order valence-electron chi connectivity index (χ4n) is 4.31. The zero-order chi connectivity index (χ0) is 19.2. The molecular weight excluding hydrogens is 390 g/mol. The summed E-state index contributed by atoms with van der Waals surface area (Å²) < 4.78 is 33.5. The number of likely N-dealkylation sites (N-methyl/N-ethyl adjacent to an activating group) is 1. The van der Waals surface area contributed by atoms with Gasteiger partial charge in [0.05, 0.1) is 10.9 Å². The maximum absolute atomic E-state index is 13.1. The molecule has 3 heterocycles. The molecule has 1 aromatic rings. The lowest BCUT2D eigenvalue weighted by molar-refractivity contribution is 0.0377. The van der Waals surface area contributed by atoms with Gasteiger partial charge in [-0.05, 0) is 44.2 Å². The molecule has 3 unspecified atom stereocenters. The number of rotatable bonds is 3. The Morgan fingerprint density at radius 2 is 1.78 bits per heavy atom. The number of amides is 1. The number of carbonyl (C=O) groups excluding carboxylic acids is 1. The van der Waals surface area contributed by atoms with Crippen molar-refractivity contribution in [2.24, 2.45) is 0 Å². The van der Waals surface area contributed by atoms with Crippen molar-refractivity contribution in [3.63, 3.8) is 0 Å². The van der Waals surface area contributed by atoms with Crippen molar-refractivity contribution in [2.45, 2.75) is 42.3 Å². The van der Waals surface area contributed by atoms with E-state index in [-0.39, 0.29) is 29.2 Å². The molecule has 3 saturated heterocycles. The number of piperazine rings is 1. The Bertz CT molecular complexity index is 808. The molecule has 0 N–H and O–H groups in total. The average Bonchev–Trinajstić information content (AvgIpc) is 3.21. The van der Waals surface area contributed by atoms with Crippen molar-refractivity contribution in [3.8, 4) is 0 Å². The fourth-order valence-corrected chi connectivity index (χ4v) is 6.34. The van der Waals surface area contributed by atoms with E-state index in [1.807, 2.05) is 7.05 Å². The predicted molar refractivity (Wildman–Crippen MR) is 101 cm³/mol. The van der Waals surface area contributed by atoms with E-state index in [4.69, 9.17) is 16.3 Å². The Labute approximate surface area is 164 Å². The Morgan fingerprint density at radius 3 is 2.44 bits per heavy atom. The number of carbonyl (C=O) groups is 1. The molecule has 3 aliphatic rings. The summed E-state index contributed by atoms with van der Waals surface area (Å²) in [6.07, 6.45) is 1.39. The maximum Gasteiger partial charge on any atom is 0.410 e. The number of hydrogen-bond donors (Lipinski definition) is 0. The van der Waals surface area contributed by atoms with E-state index in [1.165, 1.54) is 12.1 Å². The molecule has 27 heavy (non-hydrogen) atoms. The molecule has 3 atom stereocenters. The Kier molecular flexibility index (Phi) is 5.09. The Morgan fingerprint density at radius 1 is 1.11 bits per heavy atom. The third-order valence-corrected chi connectivity index (χ3v) is 8.06. The van der Waals surface area contributed by atoms with Crippen molar-refractivity contribution in [3.05, 3.63) is 29.3 Å². The van der Waals surface area contributed by atoms with Crippen LogP contribution in [-0.2, 0) is 14.8 Å². The van der Waals surface area contributed by atoms with Gasteiger partial charge in [0.2, 0.25) is 10.0 Å². The summed E-state index contributed by atoms with van der Waals surface area (Å²) in [6.45, 7) is 2.93. The van der Waals surface area contributed by atoms with Crippen molar-refractivity contribution in [1.82, 2.24) is 14.1 Å². The normalized spacial score (nSPS) is 29.3. The van der Waals surface area contributed by atoms with Crippen LogP contribution in [-0.4, -0.2) is 80.0 Å². The summed E-state index contributed by atoms with van der Waals surface area (Å²) in [4.78, 5) is 16.6. The smallest absolute Gasteiger partial charge is 0.410 e. The van der Waals surface area contributed by atoms with Crippen molar-refractivity contribution in [1.29, 1.82) is 0 Å². The molecule has 0 radical (unpaired) electrons. The lowest BCUT2D eigenvalue weighted by Crippen LogP contribution is -2.49. The van der Waals surface area contributed by atoms with E-state index < -0.39 is 10.0 Å². The first-order chi connectivity index (χ1) is 12.9. The van der Waals surface area contributed by atoms with Gasteiger partial charge in [-0.2, -0.15) is 4.31 Å². The molecule has 3 aliphatic heterocycles. The summed E-state index contributed by atoms with van der Waals surface area (Å²) in [5.41, 5.74) is 0. The van der Waals surface area contributed by atoms with Crippen LogP contribution in [0.15, 0.2) is 29.2 Å². The van der Waals surface area contributed by atoms with E-state index in [9.17, 15) is 13.2 Å². The van der Waals surface area contributed by atoms with Crippen LogP contribution in [0.4, 0.5) is 4.79 Å². The van der Waals surface area contributed by atoms with Gasteiger partial charge in [0.1, 0.15) is 6.10 Å². The van der Waals surface area contributed by atoms with Crippen molar-refractivity contribution in [2.75, 3.05) is 33.2 Å². The van der Waals surface area contributed by atoms with Gasteiger partial charge in [0.15, 0.2) is 0 Å². The minimum atomic E-state index is -3.63. The van der Waals surface area contributed by atoms with Crippen LogP contribution >= 0.6 is 11.6 Å². The van der Waals surface area contributed by atoms with E-state index >= 15 is 0 Å². The summed E-state index contributed by atoms with van der Waals surface area (Å²) in [6, 6.07) is 5.82. The zero-order valence-corrected chi connectivity index (χ0v) is 16.8. The number of sulfonamides is 1.